The van der Waals surface area contributed by atoms with Gasteiger partial charge in [-0.3, -0.25) is 9.59 Å². The van der Waals surface area contributed by atoms with Gasteiger partial charge in [-0.2, -0.15) is 0 Å². The number of ether oxygens (including phenoxy) is 1. The largest absolute Gasteiger partial charge is 0.491 e. The summed E-state index contributed by atoms with van der Waals surface area (Å²) in [5, 5.41) is 3.14. The van der Waals surface area contributed by atoms with E-state index in [4.69, 9.17) is 4.74 Å². The van der Waals surface area contributed by atoms with Crippen molar-refractivity contribution in [3.8, 4) is 5.75 Å². The molecular formula is C27H26FN3O3. The van der Waals surface area contributed by atoms with E-state index in [1.54, 1.807) is 24.3 Å². The molecule has 3 aromatic carbocycles. The monoisotopic (exact) mass is 459 g/mol. The van der Waals surface area contributed by atoms with Crippen LogP contribution >= 0.6 is 0 Å². The highest BCUT2D eigenvalue weighted by Gasteiger charge is 2.40. The second-order valence-electron chi connectivity index (χ2n) is 8.43. The fourth-order valence-corrected chi connectivity index (χ4v) is 3.70. The van der Waals surface area contributed by atoms with Crippen LogP contribution in [0.4, 0.5) is 21.5 Å². The van der Waals surface area contributed by atoms with Crippen LogP contribution in [0.15, 0.2) is 78.5 Å². The molecule has 0 saturated heterocycles. The van der Waals surface area contributed by atoms with Crippen molar-refractivity contribution in [3.63, 3.8) is 0 Å². The minimum absolute atomic E-state index is 0.0103. The molecule has 4 rings (SSSR count). The smallest absolute Gasteiger partial charge is 0.282 e. The van der Waals surface area contributed by atoms with Crippen LogP contribution in [0.5, 0.6) is 5.75 Å². The minimum atomic E-state index is -0.509. The third-order valence-electron chi connectivity index (χ3n) is 5.34. The molecule has 6 nitrogen and oxygen atoms in total. The zero-order valence-electron chi connectivity index (χ0n) is 19.5. The average molecular weight is 460 g/mol. The number of carbonyl (C=O) groups is 2. The molecule has 0 radical (unpaired) electrons. The molecule has 0 spiro atoms. The standard InChI is InChI=1S/C27H26FN3O3/c1-17(2)34-23-15-5-18(6-16-23)24-25(29-20-9-13-21(14-10-20)30(3)4)27(33)31(26(24)32)22-11-7-19(28)8-12-22/h5-17,29H,1-4H3. The first-order valence-corrected chi connectivity index (χ1v) is 10.9. The first kappa shape index (κ1) is 23.0. The Hall–Kier alpha value is -4.13. The van der Waals surface area contributed by atoms with Crippen LogP contribution in [0.2, 0.25) is 0 Å². The summed E-state index contributed by atoms with van der Waals surface area (Å²) in [6, 6.07) is 19.8. The van der Waals surface area contributed by atoms with Crippen molar-refractivity contribution < 1.29 is 18.7 Å². The summed E-state index contributed by atoms with van der Waals surface area (Å²) in [4.78, 5) is 29.9. The van der Waals surface area contributed by atoms with Gasteiger partial charge in [0.25, 0.3) is 11.8 Å². The van der Waals surface area contributed by atoms with E-state index in [1.165, 1.54) is 24.3 Å². The quantitative estimate of drug-likeness (QED) is 0.500. The lowest BCUT2D eigenvalue weighted by atomic mass is 10.0. The Balaban J connectivity index is 1.75. The van der Waals surface area contributed by atoms with Gasteiger partial charge in [0.1, 0.15) is 17.3 Å². The van der Waals surface area contributed by atoms with Crippen molar-refractivity contribution in [1.29, 1.82) is 0 Å². The Kier molecular flexibility index (Phi) is 6.36. The van der Waals surface area contributed by atoms with Gasteiger partial charge in [-0.05, 0) is 80.1 Å². The maximum absolute atomic E-state index is 13.5. The van der Waals surface area contributed by atoms with Crippen molar-refractivity contribution in [2.24, 2.45) is 0 Å². The van der Waals surface area contributed by atoms with Gasteiger partial charge in [0.05, 0.1) is 17.4 Å². The number of nitrogens with one attached hydrogen (secondary N) is 1. The Morgan fingerprint density at radius 2 is 1.47 bits per heavy atom. The summed E-state index contributed by atoms with van der Waals surface area (Å²) >= 11 is 0. The number of carbonyl (C=O) groups excluding carboxylic acids is 2. The van der Waals surface area contributed by atoms with Crippen molar-refractivity contribution in [2.45, 2.75) is 20.0 Å². The summed E-state index contributed by atoms with van der Waals surface area (Å²) in [6.45, 7) is 3.86. The number of halogens is 1. The zero-order chi connectivity index (χ0) is 24.4. The summed E-state index contributed by atoms with van der Waals surface area (Å²) in [7, 11) is 3.88. The van der Waals surface area contributed by atoms with Crippen LogP contribution in [0.1, 0.15) is 19.4 Å². The normalized spacial score (nSPS) is 13.6. The number of imide groups is 1. The number of hydrogen-bond donors (Lipinski definition) is 1. The summed E-state index contributed by atoms with van der Waals surface area (Å²) < 4.78 is 19.2. The molecule has 0 atom stereocenters. The van der Waals surface area contributed by atoms with Crippen LogP contribution in [0.25, 0.3) is 5.57 Å². The molecule has 3 aromatic rings. The van der Waals surface area contributed by atoms with Gasteiger partial charge in [0.15, 0.2) is 0 Å². The van der Waals surface area contributed by atoms with E-state index < -0.39 is 17.6 Å². The van der Waals surface area contributed by atoms with Gasteiger partial charge in [-0.25, -0.2) is 9.29 Å². The first-order chi connectivity index (χ1) is 16.2. The van der Waals surface area contributed by atoms with Gasteiger partial charge >= 0.3 is 0 Å². The molecule has 1 aliphatic rings. The van der Waals surface area contributed by atoms with E-state index in [1.807, 2.05) is 57.1 Å². The first-order valence-electron chi connectivity index (χ1n) is 10.9. The number of nitrogens with zero attached hydrogens (tertiary/aromatic N) is 2. The lowest BCUT2D eigenvalue weighted by Gasteiger charge is -2.16. The molecule has 0 bridgehead atoms. The number of rotatable bonds is 7. The summed E-state index contributed by atoms with van der Waals surface area (Å²) in [6.07, 6.45) is 0.0103. The van der Waals surface area contributed by atoms with Crippen LogP contribution in [-0.4, -0.2) is 32.0 Å². The van der Waals surface area contributed by atoms with E-state index in [0.29, 0.717) is 22.7 Å². The number of anilines is 3. The number of amides is 2. The lowest BCUT2D eigenvalue weighted by molar-refractivity contribution is -0.120. The molecular weight excluding hydrogens is 433 g/mol. The molecule has 2 amide bonds. The van der Waals surface area contributed by atoms with E-state index in [-0.39, 0.29) is 17.4 Å². The van der Waals surface area contributed by atoms with Crippen LogP contribution in [-0.2, 0) is 9.59 Å². The molecule has 0 fully saturated rings. The average Bonchev–Trinajstić information content (AvgIpc) is 3.04. The Bertz CT molecular complexity index is 1230. The fraction of sp³-hybridized carbons (Fsp3) is 0.185. The van der Waals surface area contributed by atoms with Crippen molar-refractivity contribution >= 4 is 34.4 Å². The van der Waals surface area contributed by atoms with Crippen molar-refractivity contribution in [2.75, 3.05) is 29.2 Å². The summed E-state index contributed by atoms with van der Waals surface area (Å²) in [5.41, 5.74) is 2.94. The zero-order valence-corrected chi connectivity index (χ0v) is 19.5. The molecule has 0 aliphatic carbocycles. The van der Waals surface area contributed by atoms with E-state index in [9.17, 15) is 14.0 Å². The Morgan fingerprint density at radius 1 is 0.853 bits per heavy atom. The number of benzene rings is 3. The highest BCUT2D eigenvalue weighted by atomic mass is 19.1. The Labute approximate surface area is 198 Å². The predicted molar refractivity (Wildman–Crippen MR) is 132 cm³/mol. The summed E-state index contributed by atoms with van der Waals surface area (Å²) in [5.74, 6) is -0.774. The minimum Gasteiger partial charge on any atom is -0.491 e. The van der Waals surface area contributed by atoms with Gasteiger partial charge in [-0.15, -0.1) is 0 Å². The number of hydrogen-bond acceptors (Lipinski definition) is 5. The molecule has 0 unspecified atom stereocenters. The molecule has 0 aromatic heterocycles. The van der Waals surface area contributed by atoms with Gasteiger partial charge in [0, 0.05) is 25.5 Å². The maximum Gasteiger partial charge on any atom is 0.282 e. The molecule has 1 N–H and O–H groups in total. The molecule has 0 saturated carbocycles. The van der Waals surface area contributed by atoms with Crippen LogP contribution < -0.4 is 19.9 Å². The molecule has 34 heavy (non-hydrogen) atoms. The van der Waals surface area contributed by atoms with E-state index in [0.717, 1.165) is 10.6 Å². The predicted octanol–water partition coefficient (Wildman–Crippen LogP) is 5.08. The molecule has 1 heterocycles. The van der Waals surface area contributed by atoms with Crippen molar-refractivity contribution in [1.82, 2.24) is 0 Å². The third kappa shape index (κ3) is 4.64. The lowest BCUT2D eigenvalue weighted by Crippen LogP contribution is -2.32. The Morgan fingerprint density at radius 3 is 2.03 bits per heavy atom. The fourth-order valence-electron chi connectivity index (χ4n) is 3.70. The molecule has 1 aliphatic heterocycles. The molecule has 7 heteroatoms. The van der Waals surface area contributed by atoms with Crippen LogP contribution in [0.3, 0.4) is 0 Å². The van der Waals surface area contributed by atoms with E-state index in [2.05, 4.69) is 5.32 Å². The van der Waals surface area contributed by atoms with Gasteiger partial charge < -0.3 is 15.0 Å². The van der Waals surface area contributed by atoms with E-state index >= 15 is 0 Å². The van der Waals surface area contributed by atoms with Gasteiger partial charge in [0.2, 0.25) is 0 Å². The van der Waals surface area contributed by atoms with Crippen LogP contribution in [0, 0.1) is 5.82 Å². The SMILES string of the molecule is CC(C)Oc1ccc(C2=C(Nc3ccc(N(C)C)cc3)C(=O)N(c3ccc(F)cc3)C2=O)cc1. The van der Waals surface area contributed by atoms with Crippen molar-refractivity contribution in [3.05, 3.63) is 89.9 Å². The third-order valence-corrected chi connectivity index (χ3v) is 5.34. The highest BCUT2D eigenvalue weighted by Crippen LogP contribution is 2.34. The second kappa shape index (κ2) is 9.39. The molecule has 174 valence electrons. The topological polar surface area (TPSA) is 61.9 Å². The highest BCUT2D eigenvalue weighted by molar-refractivity contribution is 6.46. The maximum atomic E-state index is 13.5. The van der Waals surface area contributed by atoms with Gasteiger partial charge in [-0.1, -0.05) is 12.1 Å². The second-order valence-corrected chi connectivity index (χ2v) is 8.43.